The van der Waals surface area contributed by atoms with Crippen LogP contribution < -0.4 is 0 Å². The summed E-state index contributed by atoms with van der Waals surface area (Å²) in [5.74, 6) is -1.10. The second kappa shape index (κ2) is 35.0. The summed E-state index contributed by atoms with van der Waals surface area (Å²) < 4.78 is 53.5. The number of carbonyl (C=O) groups is 2. The molecular formula is C42H76O14P2. The number of carbonyl (C=O) groups excluding carboxylic acids is 2. The fourth-order valence-electron chi connectivity index (χ4n) is 5.97. The molecule has 1 rings (SSSR count). The number of phosphoric acid groups is 2. The molecule has 1 saturated heterocycles. The van der Waals surface area contributed by atoms with E-state index in [9.17, 15) is 28.7 Å². The summed E-state index contributed by atoms with van der Waals surface area (Å²) in [6.07, 6.45) is 34.5. The highest BCUT2D eigenvalue weighted by molar-refractivity contribution is 7.47. The van der Waals surface area contributed by atoms with Crippen LogP contribution in [0.5, 0.6) is 0 Å². The smallest absolute Gasteiger partial charge is 0.462 e. The Labute approximate surface area is 348 Å². The van der Waals surface area contributed by atoms with Gasteiger partial charge in [0.2, 0.25) is 0 Å². The van der Waals surface area contributed by atoms with Gasteiger partial charge in [-0.05, 0) is 51.4 Å². The van der Waals surface area contributed by atoms with Gasteiger partial charge in [-0.25, -0.2) is 9.13 Å². The van der Waals surface area contributed by atoms with Crippen LogP contribution in [0.15, 0.2) is 36.5 Å². The van der Waals surface area contributed by atoms with E-state index in [1.165, 1.54) is 77.0 Å². The van der Waals surface area contributed by atoms with Crippen LogP contribution in [-0.2, 0) is 46.5 Å². The Kier molecular flexibility index (Phi) is 32.7. The van der Waals surface area contributed by atoms with Gasteiger partial charge in [0.05, 0.1) is 32.0 Å². The van der Waals surface area contributed by atoms with Crippen LogP contribution in [0.25, 0.3) is 0 Å². The first-order valence-corrected chi connectivity index (χ1v) is 24.8. The molecule has 1 heterocycles. The van der Waals surface area contributed by atoms with Gasteiger partial charge in [-0.15, -0.1) is 0 Å². The first-order valence-electron chi connectivity index (χ1n) is 21.8. The van der Waals surface area contributed by atoms with Gasteiger partial charge in [0.25, 0.3) is 0 Å². The van der Waals surface area contributed by atoms with Crippen molar-refractivity contribution < 1.29 is 66.3 Å². The molecule has 4 N–H and O–H groups in total. The van der Waals surface area contributed by atoms with Crippen LogP contribution in [0.2, 0.25) is 0 Å². The van der Waals surface area contributed by atoms with E-state index in [0.717, 1.165) is 44.9 Å². The largest absolute Gasteiger partial charge is 0.472 e. The number of rotatable bonds is 40. The predicted octanol–water partition coefficient (Wildman–Crippen LogP) is 9.88. The molecule has 0 spiro atoms. The number of epoxide rings is 1. The number of aliphatic hydroxyl groups is 1. The minimum Gasteiger partial charge on any atom is -0.462 e. The fourth-order valence-corrected chi connectivity index (χ4v) is 7.13. The van der Waals surface area contributed by atoms with Gasteiger partial charge in [0.15, 0.2) is 6.10 Å². The Bertz CT molecular complexity index is 1240. The van der Waals surface area contributed by atoms with Crippen molar-refractivity contribution in [3.63, 3.8) is 0 Å². The second-order valence-corrected chi connectivity index (χ2v) is 17.7. The SMILES string of the molecule is CCCCC/C=C\C/C=C\CC1OC1C/C=C\CCCC(=O)OC[C@H](COP(=O)(O)OC[C@@H](O)COP(=O)(O)O)OC(=O)CCCCCCCCCCCCCCC. The molecule has 0 bridgehead atoms. The molecule has 58 heavy (non-hydrogen) atoms. The molecule has 1 aliphatic rings. The number of esters is 2. The van der Waals surface area contributed by atoms with Gasteiger partial charge in [0, 0.05) is 12.8 Å². The lowest BCUT2D eigenvalue weighted by Gasteiger charge is -2.20. The first kappa shape index (κ1) is 54.3. The molecule has 1 fully saturated rings. The number of unbranched alkanes of at least 4 members (excludes halogenated alkanes) is 16. The minimum absolute atomic E-state index is 0.112. The highest BCUT2D eigenvalue weighted by Gasteiger charge is 2.36. The maximum atomic E-state index is 12.6. The van der Waals surface area contributed by atoms with Crippen LogP contribution in [0.3, 0.4) is 0 Å². The molecule has 0 aliphatic carbocycles. The third-order valence-corrected chi connectivity index (χ3v) is 10.9. The monoisotopic (exact) mass is 866 g/mol. The van der Waals surface area contributed by atoms with Crippen LogP contribution >= 0.6 is 15.6 Å². The lowest BCUT2D eigenvalue weighted by Crippen LogP contribution is -2.30. The van der Waals surface area contributed by atoms with Crippen LogP contribution in [-0.4, -0.2) is 82.6 Å². The summed E-state index contributed by atoms with van der Waals surface area (Å²) in [6.45, 7) is 1.66. The van der Waals surface area contributed by atoms with Crippen molar-refractivity contribution in [2.45, 2.75) is 192 Å². The van der Waals surface area contributed by atoms with E-state index >= 15 is 0 Å². The Morgan fingerprint density at radius 2 is 1.07 bits per heavy atom. The number of allylic oxidation sites excluding steroid dienone is 4. The zero-order valence-corrected chi connectivity index (χ0v) is 37.1. The highest BCUT2D eigenvalue weighted by Crippen LogP contribution is 2.44. The molecule has 0 aromatic heterocycles. The molecule has 0 aromatic rings. The number of hydrogen-bond donors (Lipinski definition) is 4. The summed E-state index contributed by atoms with van der Waals surface area (Å²) in [5.41, 5.74) is 0. The van der Waals surface area contributed by atoms with Crippen molar-refractivity contribution in [1.29, 1.82) is 0 Å². The van der Waals surface area contributed by atoms with Crippen molar-refractivity contribution >= 4 is 27.6 Å². The lowest BCUT2D eigenvalue weighted by molar-refractivity contribution is -0.161. The maximum Gasteiger partial charge on any atom is 0.472 e. The average molecular weight is 867 g/mol. The molecule has 5 atom stereocenters. The summed E-state index contributed by atoms with van der Waals surface area (Å²) in [4.78, 5) is 52.7. The van der Waals surface area contributed by atoms with Gasteiger partial charge in [-0.3, -0.25) is 23.2 Å². The van der Waals surface area contributed by atoms with E-state index in [1.807, 2.05) is 6.08 Å². The number of phosphoric ester groups is 2. The van der Waals surface area contributed by atoms with Crippen molar-refractivity contribution in [3.05, 3.63) is 36.5 Å². The average Bonchev–Trinajstić information content (AvgIpc) is 3.94. The normalized spacial score (nSPS) is 17.9. The zero-order chi connectivity index (χ0) is 42.7. The second-order valence-electron chi connectivity index (χ2n) is 15.0. The van der Waals surface area contributed by atoms with Crippen molar-refractivity contribution in [2.24, 2.45) is 0 Å². The number of ether oxygens (including phenoxy) is 3. The first-order chi connectivity index (χ1) is 27.8. The molecule has 3 unspecified atom stereocenters. The van der Waals surface area contributed by atoms with Crippen molar-refractivity contribution in [3.8, 4) is 0 Å². The third kappa shape index (κ3) is 35.1. The zero-order valence-electron chi connectivity index (χ0n) is 35.3. The van der Waals surface area contributed by atoms with Crippen molar-refractivity contribution in [2.75, 3.05) is 26.4 Å². The molecule has 0 amide bonds. The van der Waals surface area contributed by atoms with E-state index in [-0.39, 0.29) is 25.0 Å². The van der Waals surface area contributed by atoms with E-state index in [2.05, 4.69) is 53.3 Å². The van der Waals surface area contributed by atoms with E-state index in [0.29, 0.717) is 19.3 Å². The summed E-state index contributed by atoms with van der Waals surface area (Å²) in [6, 6.07) is 0. The predicted molar refractivity (Wildman–Crippen MR) is 225 cm³/mol. The summed E-state index contributed by atoms with van der Waals surface area (Å²) >= 11 is 0. The van der Waals surface area contributed by atoms with Crippen molar-refractivity contribution in [1.82, 2.24) is 0 Å². The van der Waals surface area contributed by atoms with Crippen LogP contribution in [0.4, 0.5) is 0 Å². The van der Waals surface area contributed by atoms with E-state index in [1.54, 1.807) is 0 Å². The summed E-state index contributed by atoms with van der Waals surface area (Å²) in [7, 11) is -9.69. The summed E-state index contributed by atoms with van der Waals surface area (Å²) in [5, 5.41) is 9.74. The number of hydrogen-bond acceptors (Lipinski definition) is 11. The van der Waals surface area contributed by atoms with E-state index < -0.39 is 66.2 Å². The van der Waals surface area contributed by atoms with Gasteiger partial charge in [-0.1, -0.05) is 140 Å². The Morgan fingerprint density at radius 3 is 1.69 bits per heavy atom. The van der Waals surface area contributed by atoms with Crippen LogP contribution in [0, 0.1) is 0 Å². The molecule has 0 radical (unpaired) electrons. The third-order valence-electron chi connectivity index (χ3n) is 9.42. The van der Waals surface area contributed by atoms with Gasteiger partial charge in [-0.2, -0.15) is 0 Å². The molecule has 1 aliphatic heterocycles. The molecule has 338 valence electrons. The molecular weight excluding hydrogens is 790 g/mol. The fraction of sp³-hybridized carbons (Fsp3) is 0.810. The maximum absolute atomic E-state index is 12.6. The molecule has 14 nitrogen and oxygen atoms in total. The standard InChI is InChI=1S/C42H76O14P2/c1-3-5-7-9-11-13-14-15-16-18-20-22-28-32-42(45)55-38(36-54-58(49,50)53-34-37(43)33-52-57(46,47)48)35-51-41(44)31-27-24-23-26-30-40-39(56-40)29-25-21-19-17-12-10-8-6-4-2/h12,17,21,23,25-26,37-40,43H,3-11,13-16,18-20,22,24,27-36H2,1-2H3,(H,49,50)(H2,46,47,48)/b17-12-,25-21-,26-23-/t37-,38+,39?,40?/m0/s1. The quantitative estimate of drug-likeness (QED) is 0.0149. The number of aliphatic hydroxyl groups excluding tert-OH is 1. The van der Waals surface area contributed by atoms with Crippen LogP contribution in [0.1, 0.15) is 168 Å². The molecule has 0 saturated carbocycles. The Balaban J connectivity index is 2.40. The minimum atomic E-state index is -4.87. The highest BCUT2D eigenvalue weighted by atomic mass is 31.2. The Hall–Kier alpha value is -1.70. The lowest BCUT2D eigenvalue weighted by atomic mass is 10.0. The topological polar surface area (TPSA) is 208 Å². The van der Waals surface area contributed by atoms with Gasteiger partial charge >= 0.3 is 27.6 Å². The molecule has 16 heteroatoms. The van der Waals surface area contributed by atoms with E-state index in [4.69, 9.17) is 28.5 Å². The van der Waals surface area contributed by atoms with Gasteiger partial charge in [0.1, 0.15) is 12.7 Å². The van der Waals surface area contributed by atoms with Gasteiger partial charge < -0.3 is 34.0 Å². The Morgan fingerprint density at radius 1 is 0.586 bits per heavy atom. The molecule has 0 aromatic carbocycles.